The fourth-order valence-electron chi connectivity index (χ4n) is 15.0. The van der Waals surface area contributed by atoms with Crippen molar-refractivity contribution < 1.29 is 96.9 Å². The maximum absolute atomic E-state index is 14.7. The Kier molecular flexibility index (Phi) is 30.1. The molecule has 116 heavy (non-hydrogen) atoms. The average Bonchev–Trinajstić information content (AvgIpc) is 1.56. The van der Waals surface area contributed by atoms with Crippen molar-refractivity contribution >= 4 is 132 Å². The van der Waals surface area contributed by atoms with E-state index in [4.69, 9.17) is 34.6 Å². The number of esters is 1. The second kappa shape index (κ2) is 39.8. The maximum Gasteiger partial charge on any atom is 0.407 e. The number of amides is 5. The van der Waals surface area contributed by atoms with Crippen LogP contribution in [0.5, 0.6) is 0 Å². The van der Waals surface area contributed by atoms with E-state index in [1.54, 1.807) is 39.0 Å². The predicted molar refractivity (Wildman–Crippen MR) is 424 cm³/mol. The van der Waals surface area contributed by atoms with Gasteiger partial charge in [0, 0.05) is 118 Å². The zero-order valence-electron chi connectivity index (χ0n) is 65.3. The number of ketones is 5. The molecule has 620 valence electrons. The first-order valence-electron chi connectivity index (χ1n) is 38.2. The molecule has 0 radical (unpaired) electrons. The summed E-state index contributed by atoms with van der Waals surface area (Å²) >= 11 is 0. The van der Waals surface area contributed by atoms with E-state index in [2.05, 4.69) is 63.4 Å². The molecule has 10 rings (SSSR count). The number of carbonyl (C=O) groups excluding carboxylic acids is 12. The Hall–Kier alpha value is -10.7. The number of nitrogens with zero attached hydrogens (tertiary/aromatic N) is 5. The van der Waals surface area contributed by atoms with E-state index in [-0.39, 0.29) is 121 Å². The Balaban J connectivity index is 0.746. The number of aromatic nitrogens is 8. The number of aliphatic hydroxyl groups excluding tert-OH is 4. The van der Waals surface area contributed by atoms with E-state index in [1.165, 1.54) is 13.1 Å². The largest absolute Gasteiger partial charge is 0.468 e. The zero-order chi connectivity index (χ0) is 83.9. The molecule has 5 amide bonds. The van der Waals surface area contributed by atoms with Gasteiger partial charge in [-0.2, -0.15) is 4.98 Å². The fourth-order valence-corrected chi connectivity index (χ4v) is 17.0. The molecule has 7 unspecified atom stereocenters. The van der Waals surface area contributed by atoms with Gasteiger partial charge in [0.2, 0.25) is 29.6 Å². The number of alkyl carbamates (subject to hydrolysis) is 1. The van der Waals surface area contributed by atoms with Crippen molar-refractivity contribution in [2.75, 3.05) is 50.7 Å². The number of methoxy groups -OCH3 is 1. The molecule has 1 fully saturated rings. The third-order valence-electron chi connectivity index (χ3n) is 21.3. The van der Waals surface area contributed by atoms with E-state index in [0.29, 0.717) is 81.4 Å². The number of hydrogen-bond donors (Lipinski definition) is 13. The minimum absolute atomic E-state index is 0.0207. The lowest BCUT2D eigenvalue weighted by Crippen LogP contribution is -2.64. The highest BCUT2D eigenvalue weighted by Gasteiger charge is 2.47. The summed E-state index contributed by atoms with van der Waals surface area (Å²) in [5.74, 6) is -9.03. The number of Topliss-reactive ketones (excluding diaryl/α,β-unsaturated/α-hetero) is 5. The van der Waals surface area contributed by atoms with Crippen molar-refractivity contribution in [3.05, 3.63) is 126 Å². The molecule has 14 N–H and O–H groups in total. The van der Waals surface area contributed by atoms with E-state index in [1.807, 2.05) is 38.1 Å². The Morgan fingerprint density at radius 2 is 1.41 bits per heavy atom. The van der Waals surface area contributed by atoms with Crippen LogP contribution in [0.1, 0.15) is 210 Å². The monoisotopic (exact) mass is 1640 g/mol. The van der Waals surface area contributed by atoms with Crippen LogP contribution >= 0.6 is 21.6 Å². The number of benzene rings is 1. The minimum atomic E-state index is -1.96. The number of aromatic amines is 3. The lowest BCUT2D eigenvalue weighted by atomic mass is 9.83. The van der Waals surface area contributed by atoms with Gasteiger partial charge in [0.05, 0.1) is 73.8 Å². The molecule has 35 nitrogen and oxygen atoms in total. The van der Waals surface area contributed by atoms with Gasteiger partial charge >= 0.3 is 12.1 Å². The first-order valence-corrected chi connectivity index (χ1v) is 40.7. The van der Waals surface area contributed by atoms with Gasteiger partial charge in [-0.05, 0) is 101 Å². The third-order valence-corrected chi connectivity index (χ3v) is 23.7. The van der Waals surface area contributed by atoms with Crippen LogP contribution < -0.4 is 37.9 Å². The van der Waals surface area contributed by atoms with Gasteiger partial charge in [0.25, 0.3) is 12.0 Å². The molecule has 4 aliphatic rings. The second-order valence-electron chi connectivity index (χ2n) is 29.0. The summed E-state index contributed by atoms with van der Waals surface area (Å²) in [6.07, 6.45) is -7.42. The number of aryl methyl sites for hydroxylation is 4. The lowest BCUT2D eigenvalue weighted by Gasteiger charge is -2.40. The minimum Gasteiger partial charge on any atom is -0.468 e. The lowest BCUT2D eigenvalue weighted by molar-refractivity contribution is -0.253. The van der Waals surface area contributed by atoms with Crippen molar-refractivity contribution in [1.29, 1.82) is 0 Å². The van der Waals surface area contributed by atoms with E-state index >= 15 is 0 Å². The average molecular weight is 1640 g/mol. The molecule has 8 bridgehead atoms. The number of hydrogen-bond acceptors (Lipinski definition) is 29. The number of ether oxygens (including phenoxy) is 4. The zero-order valence-corrected chi connectivity index (χ0v) is 66.9. The molecule has 1 saturated heterocycles. The Morgan fingerprint density at radius 1 is 0.741 bits per heavy atom. The van der Waals surface area contributed by atoms with Crippen molar-refractivity contribution in [3.8, 4) is 0 Å². The summed E-state index contributed by atoms with van der Waals surface area (Å²) in [6, 6.07) is 7.84. The predicted octanol–water partition coefficient (Wildman–Crippen LogP) is 4.37. The number of anilines is 1. The standard InChI is InChI=1S/C79H96N14O21S2/c1-9-45-36(3)47-28-54-63(40(7)96)38(5)49(86-54)26-48-37(4)46(67(89-48)65-66(76(108)111-8)72(105)64-39(6)50(90-68(64)65)27-51(45)85-47)21-22-60(101)88-53(30-62(103)91-69-73(106)71(104)58(33-94)114-77(69)109)57(99)32-83-79(110)112-23-24-115-116-34-44(113-35-95)25-56(98)52(29-61(102)81-10-2)87-59(100)14-12-11-13-55(97)42-18-15-41(16-19-42)17-20-43-31-82-74-70(84-43)75(107)93-78(80)92-74/h15-16,18-19,26-28,31,35-37,44-46,52-53,58,66,69,71,73,77,86,90,94,104,106,109H,9-14,17,20-25,29-30,32-34H2,1-8H3,(H,81,102)(H,83,110)(H,87,100)(H,88,101)(H,91,103)(H3,80,82,92,93,107)/t36-,37+,44+,45-,46+,52+,53?,58?,66?,69?,71?,73?,77?/m1/s1. The SMILES string of the molecule is CCNC(=O)C[C@H](NC(=O)CCCCC(=O)c1ccc(CCc2cnc3nc(N)[nH]c(=O)c3n2)cc1)C(=O)C[C@@H](CSSCCOC(=O)NCC(=O)C(CC(=O)NC1C(O)OC(CO)C(O)C1O)NC(=O)CC[C@@H]1c2nc(cc3[nH]c(cc4nc(cc5[nH]c6c(c5C)C(=O)C(C(=O)OC)c26)[C@H](CC)[C@H]4C)c(C(C)=O)c3C)[C@H]1C)OC=O. The summed E-state index contributed by atoms with van der Waals surface area (Å²) in [5.41, 5.74) is 13.5. The molecule has 37 heteroatoms. The van der Waals surface area contributed by atoms with E-state index < -0.39 is 158 Å². The quantitative estimate of drug-likeness (QED) is 0.00487. The Morgan fingerprint density at radius 3 is 2.11 bits per heavy atom. The second-order valence-corrected chi connectivity index (χ2v) is 31.7. The highest BCUT2D eigenvalue weighted by molar-refractivity contribution is 8.76. The molecule has 8 heterocycles. The van der Waals surface area contributed by atoms with Crippen LogP contribution in [0.15, 0.2) is 53.5 Å². The number of carbonyl (C=O) groups is 12. The molecule has 1 aliphatic carbocycles. The Bertz CT molecular complexity index is 5000. The molecule has 13 atom stereocenters. The molecule has 0 saturated carbocycles. The van der Waals surface area contributed by atoms with Gasteiger partial charge in [-0.25, -0.2) is 14.8 Å². The highest BCUT2D eigenvalue weighted by Crippen LogP contribution is 2.49. The van der Waals surface area contributed by atoms with Gasteiger partial charge < -0.3 is 81.7 Å². The number of nitrogens with one attached hydrogen (secondary N) is 8. The number of unbranched alkanes of at least 4 members (excludes halogenated alkanes) is 1. The van der Waals surface area contributed by atoms with Gasteiger partial charge in [0.15, 0.2) is 46.4 Å². The van der Waals surface area contributed by atoms with Gasteiger partial charge in [0.1, 0.15) is 43.0 Å². The summed E-state index contributed by atoms with van der Waals surface area (Å²) < 4.78 is 21.0. The molecule has 5 aromatic heterocycles. The van der Waals surface area contributed by atoms with Crippen LogP contribution in [-0.2, 0) is 70.1 Å². The van der Waals surface area contributed by atoms with Crippen LogP contribution in [0.2, 0.25) is 0 Å². The number of fused-ring (bicyclic) bond motifs is 9. The van der Waals surface area contributed by atoms with Crippen LogP contribution in [0.3, 0.4) is 0 Å². The van der Waals surface area contributed by atoms with Gasteiger partial charge in [-0.1, -0.05) is 66.6 Å². The summed E-state index contributed by atoms with van der Waals surface area (Å²) in [4.78, 5) is 207. The number of nitrogen functional groups attached to an aromatic ring is 1. The molecular weight excluding hydrogens is 1550 g/mol. The number of H-pyrrole nitrogens is 3. The summed E-state index contributed by atoms with van der Waals surface area (Å²) in [7, 11) is 3.44. The normalized spacial score (nSPS) is 20.2. The van der Waals surface area contributed by atoms with Gasteiger partial charge in [-0.15, -0.1) is 0 Å². The van der Waals surface area contributed by atoms with Crippen molar-refractivity contribution in [2.24, 2.45) is 0 Å². The molecule has 1 aromatic carbocycles. The third kappa shape index (κ3) is 20.9. The molecule has 6 aromatic rings. The van der Waals surface area contributed by atoms with Crippen LogP contribution in [0.25, 0.3) is 33.2 Å². The van der Waals surface area contributed by atoms with Crippen LogP contribution in [-0.4, -0.2) is 225 Å². The van der Waals surface area contributed by atoms with Gasteiger partial charge in [-0.3, -0.25) is 72.5 Å². The van der Waals surface area contributed by atoms with Crippen molar-refractivity contribution in [1.82, 2.24) is 66.5 Å². The maximum atomic E-state index is 14.7. The number of aliphatic hydroxyl groups is 4. The number of nitrogens with two attached hydrogens (primary N) is 1. The van der Waals surface area contributed by atoms with E-state index in [0.717, 1.165) is 45.6 Å². The van der Waals surface area contributed by atoms with Crippen LogP contribution in [0, 0.1) is 13.8 Å². The summed E-state index contributed by atoms with van der Waals surface area (Å²) in [6.45, 7) is 11.2. The smallest absolute Gasteiger partial charge is 0.407 e. The van der Waals surface area contributed by atoms with Crippen molar-refractivity contribution in [3.63, 3.8) is 0 Å². The van der Waals surface area contributed by atoms with Crippen molar-refractivity contribution in [2.45, 2.75) is 204 Å². The first-order chi connectivity index (χ1) is 55.4. The molecule has 3 aliphatic heterocycles. The fraction of sp³-hybridized carbons (Fsp3) is 0.494. The Labute approximate surface area is 672 Å². The molecule has 0 spiro atoms. The molecular formula is C79H96N14O21S2. The topological polar surface area (TPSA) is 538 Å². The summed E-state index contributed by atoms with van der Waals surface area (Å²) in [5, 5.41) is 54.3. The van der Waals surface area contributed by atoms with E-state index in [9.17, 15) is 82.8 Å². The van der Waals surface area contributed by atoms with Crippen LogP contribution in [0.4, 0.5) is 10.7 Å². The first kappa shape index (κ1) is 87.7. The highest BCUT2D eigenvalue weighted by atomic mass is 33.1. The number of rotatable bonds is 38.